The summed E-state index contributed by atoms with van der Waals surface area (Å²) in [5.74, 6) is 0.488. The van der Waals surface area contributed by atoms with Crippen molar-refractivity contribution in [2.24, 2.45) is 0 Å². The zero-order chi connectivity index (χ0) is 18.7. The van der Waals surface area contributed by atoms with Crippen molar-refractivity contribution in [3.05, 3.63) is 41.3 Å². The number of aromatic nitrogens is 3. The molecule has 2 aromatic rings. The minimum absolute atomic E-state index is 0.275. The number of benzene rings is 1. The number of anilines is 1. The van der Waals surface area contributed by atoms with Crippen LogP contribution in [0.3, 0.4) is 0 Å². The van der Waals surface area contributed by atoms with Gasteiger partial charge < -0.3 is 19.3 Å². The quantitative estimate of drug-likeness (QED) is 0.848. The summed E-state index contributed by atoms with van der Waals surface area (Å²) >= 11 is 0. The van der Waals surface area contributed by atoms with Gasteiger partial charge in [0.15, 0.2) is 12.1 Å². The molecule has 1 aromatic carbocycles. The molecule has 3 rings (SSSR count). The van der Waals surface area contributed by atoms with E-state index in [1.165, 1.54) is 12.1 Å². The van der Waals surface area contributed by atoms with Crippen LogP contribution < -0.4 is 4.90 Å². The van der Waals surface area contributed by atoms with Crippen LogP contribution in [0.5, 0.6) is 0 Å². The number of nitrogens with one attached hydrogen (secondary N) is 1. The highest BCUT2D eigenvalue weighted by Crippen LogP contribution is 2.40. The molecule has 2 heterocycles. The lowest BCUT2D eigenvalue weighted by molar-refractivity contribution is -0.193. The largest absolute Gasteiger partial charge is 0.350 e. The van der Waals surface area contributed by atoms with Gasteiger partial charge in [-0.2, -0.15) is 10.3 Å². The first kappa shape index (κ1) is 18.8. The summed E-state index contributed by atoms with van der Waals surface area (Å²) in [6.07, 6.45) is -0.504. The maximum Gasteiger partial charge on any atom is 0.184 e. The van der Waals surface area contributed by atoms with Crippen LogP contribution in [-0.4, -0.2) is 60.5 Å². The molecule has 1 N–H and O–H groups in total. The molecule has 0 amide bonds. The van der Waals surface area contributed by atoms with E-state index in [1.807, 2.05) is 32.8 Å². The fourth-order valence-corrected chi connectivity index (χ4v) is 3.41. The van der Waals surface area contributed by atoms with E-state index in [1.54, 1.807) is 12.1 Å². The Morgan fingerprint density at radius 3 is 2.73 bits per heavy atom. The lowest BCUT2D eigenvalue weighted by Crippen LogP contribution is -2.59. The van der Waals surface area contributed by atoms with Gasteiger partial charge in [-0.3, -0.25) is 0 Å². The van der Waals surface area contributed by atoms with Gasteiger partial charge in [0, 0.05) is 19.7 Å². The second-order valence-corrected chi connectivity index (χ2v) is 6.80. The van der Waals surface area contributed by atoms with E-state index >= 15 is 0 Å². The van der Waals surface area contributed by atoms with Crippen molar-refractivity contribution >= 4 is 5.82 Å². The van der Waals surface area contributed by atoms with Crippen LogP contribution in [0.1, 0.15) is 25.1 Å². The minimum atomic E-state index is -0.667. The summed E-state index contributed by atoms with van der Waals surface area (Å²) in [6.45, 7) is 6.27. The smallest absolute Gasteiger partial charge is 0.184 e. The molecule has 26 heavy (non-hydrogen) atoms. The van der Waals surface area contributed by atoms with E-state index in [9.17, 15) is 4.39 Å². The SMILES string of the molecule is CCOC1OCCN(c2n[nH]nc2CN(C)C)[C@@]1(C)c1ccc(F)cc1. The van der Waals surface area contributed by atoms with Crippen LogP contribution in [0.25, 0.3) is 0 Å². The zero-order valence-electron chi connectivity index (χ0n) is 15.7. The summed E-state index contributed by atoms with van der Waals surface area (Å²) < 4.78 is 25.3. The van der Waals surface area contributed by atoms with Crippen LogP contribution in [-0.2, 0) is 21.6 Å². The third-order valence-electron chi connectivity index (χ3n) is 4.67. The molecular formula is C18H26FN5O2. The molecule has 2 atom stereocenters. The Labute approximate surface area is 153 Å². The Balaban J connectivity index is 2.06. The number of morpholine rings is 1. The summed E-state index contributed by atoms with van der Waals surface area (Å²) in [4.78, 5) is 4.18. The molecule has 0 aliphatic carbocycles. The maximum absolute atomic E-state index is 13.5. The van der Waals surface area contributed by atoms with E-state index in [-0.39, 0.29) is 5.82 Å². The molecule has 0 bridgehead atoms. The molecule has 1 fully saturated rings. The van der Waals surface area contributed by atoms with Crippen LogP contribution in [0, 0.1) is 5.82 Å². The maximum atomic E-state index is 13.5. The number of halogens is 1. The minimum Gasteiger partial charge on any atom is -0.350 e. The summed E-state index contributed by atoms with van der Waals surface area (Å²) in [7, 11) is 3.97. The monoisotopic (exact) mass is 363 g/mol. The number of rotatable bonds is 6. The second kappa shape index (κ2) is 7.69. The Morgan fingerprint density at radius 1 is 1.35 bits per heavy atom. The van der Waals surface area contributed by atoms with Gasteiger partial charge in [0.25, 0.3) is 0 Å². The first-order valence-electron chi connectivity index (χ1n) is 8.78. The van der Waals surface area contributed by atoms with E-state index in [0.717, 1.165) is 17.1 Å². The molecule has 1 aliphatic heterocycles. The number of H-pyrrole nitrogens is 1. The lowest BCUT2D eigenvalue weighted by Gasteiger charge is -2.49. The van der Waals surface area contributed by atoms with Gasteiger partial charge in [-0.15, -0.1) is 5.10 Å². The van der Waals surface area contributed by atoms with Gasteiger partial charge in [-0.05, 0) is 45.6 Å². The molecular weight excluding hydrogens is 337 g/mol. The Kier molecular flexibility index (Phi) is 5.55. The molecule has 142 valence electrons. The van der Waals surface area contributed by atoms with E-state index in [2.05, 4.69) is 20.3 Å². The van der Waals surface area contributed by atoms with Crippen molar-refractivity contribution in [1.82, 2.24) is 20.3 Å². The van der Waals surface area contributed by atoms with Gasteiger partial charge in [0.1, 0.15) is 17.1 Å². The van der Waals surface area contributed by atoms with Crippen LogP contribution >= 0.6 is 0 Å². The van der Waals surface area contributed by atoms with Gasteiger partial charge in [-0.25, -0.2) is 4.39 Å². The predicted molar refractivity (Wildman–Crippen MR) is 96.2 cm³/mol. The Hall–Kier alpha value is -2.03. The van der Waals surface area contributed by atoms with Gasteiger partial charge in [0.2, 0.25) is 0 Å². The van der Waals surface area contributed by atoms with Gasteiger partial charge in [-0.1, -0.05) is 12.1 Å². The second-order valence-electron chi connectivity index (χ2n) is 6.80. The zero-order valence-corrected chi connectivity index (χ0v) is 15.7. The number of ether oxygens (including phenoxy) is 2. The topological polar surface area (TPSA) is 66.5 Å². The Bertz CT molecular complexity index is 719. The van der Waals surface area contributed by atoms with Crippen LogP contribution in [0.15, 0.2) is 24.3 Å². The Morgan fingerprint density at radius 2 is 2.08 bits per heavy atom. The summed E-state index contributed by atoms with van der Waals surface area (Å²) in [6, 6.07) is 6.46. The van der Waals surface area contributed by atoms with Crippen molar-refractivity contribution in [1.29, 1.82) is 0 Å². The molecule has 0 saturated carbocycles. The number of aromatic amines is 1. The molecule has 1 unspecified atom stereocenters. The van der Waals surface area contributed by atoms with Crippen LogP contribution in [0.2, 0.25) is 0 Å². The lowest BCUT2D eigenvalue weighted by atomic mass is 9.87. The van der Waals surface area contributed by atoms with E-state index < -0.39 is 11.8 Å². The van der Waals surface area contributed by atoms with E-state index in [0.29, 0.717) is 26.3 Å². The van der Waals surface area contributed by atoms with E-state index in [4.69, 9.17) is 9.47 Å². The number of hydrogen-bond acceptors (Lipinski definition) is 6. The first-order chi connectivity index (χ1) is 12.5. The fourth-order valence-electron chi connectivity index (χ4n) is 3.41. The average Bonchev–Trinajstić information content (AvgIpc) is 3.04. The predicted octanol–water partition coefficient (Wildman–Crippen LogP) is 2.12. The summed E-state index contributed by atoms with van der Waals surface area (Å²) in [5, 5.41) is 11.5. The normalized spacial score (nSPS) is 23.6. The third-order valence-corrected chi connectivity index (χ3v) is 4.67. The molecule has 0 spiro atoms. The summed E-state index contributed by atoms with van der Waals surface area (Å²) in [5.41, 5.74) is 1.08. The van der Waals surface area contributed by atoms with Crippen molar-refractivity contribution in [2.45, 2.75) is 32.2 Å². The molecule has 7 nitrogen and oxygen atoms in total. The fraction of sp³-hybridized carbons (Fsp3) is 0.556. The molecule has 1 aromatic heterocycles. The van der Waals surface area contributed by atoms with Crippen LogP contribution in [0.4, 0.5) is 10.2 Å². The van der Waals surface area contributed by atoms with Crippen molar-refractivity contribution in [3.63, 3.8) is 0 Å². The van der Waals surface area contributed by atoms with Crippen molar-refractivity contribution in [2.75, 3.05) is 38.8 Å². The number of hydrogen-bond donors (Lipinski definition) is 1. The van der Waals surface area contributed by atoms with Crippen molar-refractivity contribution < 1.29 is 13.9 Å². The standard InChI is InChI=1S/C18H26FN5O2/c1-5-25-17-18(2,13-6-8-14(19)9-7-13)24(10-11-26-17)16-15(12-23(3)4)20-22-21-16/h6-9,17H,5,10-12H2,1-4H3,(H,20,21,22)/t17?,18-/m0/s1. The molecule has 8 heteroatoms. The highest BCUT2D eigenvalue weighted by Gasteiger charge is 2.47. The van der Waals surface area contributed by atoms with Gasteiger partial charge >= 0.3 is 0 Å². The first-order valence-corrected chi connectivity index (χ1v) is 8.78. The third kappa shape index (κ3) is 3.44. The van der Waals surface area contributed by atoms with Gasteiger partial charge in [0.05, 0.1) is 6.61 Å². The highest BCUT2D eigenvalue weighted by atomic mass is 19.1. The molecule has 1 aliphatic rings. The average molecular weight is 363 g/mol. The highest BCUT2D eigenvalue weighted by molar-refractivity contribution is 5.49. The molecule has 0 radical (unpaired) electrons. The number of nitrogens with zero attached hydrogens (tertiary/aromatic N) is 4. The van der Waals surface area contributed by atoms with Crippen molar-refractivity contribution in [3.8, 4) is 0 Å². The molecule has 1 saturated heterocycles.